The first kappa shape index (κ1) is 31.1. The molecule has 0 bridgehead atoms. The average molecular weight is 453 g/mol. The van der Waals surface area contributed by atoms with E-state index in [1.54, 1.807) is 6.92 Å². The Balaban J connectivity index is 4.76. The highest BCUT2D eigenvalue weighted by Gasteiger charge is 2.27. The Labute approximate surface area is 200 Å². The van der Waals surface area contributed by atoms with Crippen molar-refractivity contribution in [3.8, 4) is 0 Å². The van der Waals surface area contributed by atoms with Crippen molar-refractivity contribution < 1.29 is 9.59 Å². The highest BCUT2D eigenvalue weighted by atomic mass is 16.2. The van der Waals surface area contributed by atoms with Crippen LogP contribution < -0.4 is 0 Å². The van der Waals surface area contributed by atoms with Crippen LogP contribution in [0.5, 0.6) is 0 Å². The van der Waals surface area contributed by atoms with Crippen molar-refractivity contribution >= 4 is 11.7 Å². The standard InChI is InChI=1S/C28H56N2O2/c1-7-11-16-21-26(8-2)28(32)30(24-19-23-29(6)10-4)27(9-3)22-18-15-13-12-14-17-20-25(5)31/h26-27H,7-24H2,1-6H3. The summed E-state index contributed by atoms with van der Waals surface area (Å²) in [6.45, 7) is 13.6. The Morgan fingerprint density at radius 1 is 0.719 bits per heavy atom. The quantitative estimate of drug-likeness (QED) is 0.162. The first-order valence-corrected chi connectivity index (χ1v) is 13.9. The summed E-state index contributed by atoms with van der Waals surface area (Å²) >= 11 is 0. The fourth-order valence-electron chi connectivity index (χ4n) is 4.56. The molecule has 0 aliphatic rings. The van der Waals surface area contributed by atoms with E-state index in [9.17, 15) is 9.59 Å². The smallest absolute Gasteiger partial charge is 0.225 e. The predicted octanol–water partition coefficient (Wildman–Crippen LogP) is 7.25. The number of rotatable bonds is 22. The largest absolute Gasteiger partial charge is 0.339 e. The summed E-state index contributed by atoms with van der Waals surface area (Å²) in [5.41, 5.74) is 0. The minimum Gasteiger partial charge on any atom is -0.339 e. The van der Waals surface area contributed by atoms with Gasteiger partial charge in [0.25, 0.3) is 0 Å². The lowest BCUT2D eigenvalue weighted by atomic mass is 9.94. The van der Waals surface area contributed by atoms with Crippen LogP contribution in [-0.4, -0.2) is 54.2 Å². The van der Waals surface area contributed by atoms with E-state index >= 15 is 0 Å². The van der Waals surface area contributed by atoms with Crippen molar-refractivity contribution in [1.82, 2.24) is 9.80 Å². The van der Waals surface area contributed by atoms with Gasteiger partial charge < -0.3 is 14.6 Å². The highest BCUT2D eigenvalue weighted by molar-refractivity contribution is 5.79. The van der Waals surface area contributed by atoms with Gasteiger partial charge in [0, 0.05) is 24.9 Å². The number of Topliss-reactive ketones (excluding diaryl/α,β-unsaturated/α-hetero) is 1. The molecule has 4 nitrogen and oxygen atoms in total. The van der Waals surface area contributed by atoms with Gasteiger partial charge in [-0.2, -0.15) is 0 Å². The van der Waals surface area contributed by atoms with Crippen molar-refractivity contribution in [3.05, 3.63) is 0 Å². The van der Waals surface area contributed by atoms with Gasteiger partial charge in [-0.25, -0.2) is 0 Å². The number of carbonyl (C=O) groups is 2. The van der Waals surface area contributed by atoms with Crippen molar-refractivity contribution in [3.63, 3.8) is 0 Å². The van der Waals surface area contributed by atoms with E-state index in [0.717, 1.165) is 64.6 Å². The topological polar surface area (TPSA) is 40.6 Å². The number of amides is 1. The lowest BCUT2D eigenvalue weighted by molar-refractivity contribution is -0.138. The minimum absolute atomic E-state index is 0.195. The molecule has 0 aliphatic heterocycles. The first-order chi connectivity index (χ1) is 15.4. The molecule has 0 aromatic heterocycles. The molecule has 2 unspecified atom stereocenters. The maximum atomic E-state index is 13.6. The van der Waals surface area contributed by atoms with E-state index < -0.39 is 0 Å². The lowest BCUT2D eigenvalue weighted by Crippen LogP contribution is -2.44. The fraction of sp³-hybridized carbons (Fsp3) is 0.929. The third-order valence-corrected chi connectivity index (χ3v) is 6.99. The second-order valence-electron chi connectivity index (χ2n) is 9.81. The summed E-state index contributed by atoms with van der Waals surface area (Å²) in [6, 6.07) is 0.382. The fourth-order valence-corrected chi connectivity index (χ4v) is 4.56. The monoisotopic (exact) mass is 452 g/mol. The van der Waals surface area contributed by atoms with Crippen LogP contribution >= 0.6 is 0 Å². The number of ketones is 1. The number of unbranched alkanes of at least 4 members (excludes halogenated alkanes) is 7. The molecule has 0 radical (unpaired) electrons. The molecule has 0 aromatic rings. The number of hydrogen-bond acceptors (Lipinski definition) is 3. The molecule has 0 heterocycles. The van der Waals surface area contributed by atoms with Gasteiger partial charge in [0.1, 0.15) is 5.78 Å². The van der Waals surface area contributed by atoms with Gasteiger partial charge in [-0.1, -0.05) is 79.1 Å². The molecule has 0 fully saturated rings. The maximum Gasteiger partial charge on any atom is 0.225 e. The summed E-state index contributed by atoms with van der Waals surface area (Å²) < 4.78 is 0. The van der Waals surface area contributed by atoms with Gasteiger partial charge in [0.15, 0.2) is 0 Å². The van der Waals surface area contributed by atoms with Crippen LogP contribution in [0.25, 0.3) is 0 Å². The molecule has 1 amide bonds. The summed E-state index contributed by atoms with van der Waals surface area (Å²) in [5.74, 6) is 0.922. The second kappa shape index (κ2) is 20.7. The number of nitrogens with zero attached hydrogens (tertiary/aromatic N) is 2. The molecule has 0 saturated heterocycles. The van der Waals surface area contributed by atoms with Crippen molar-refractivity contribution in [2.75, 3.05) is 26.7 Å². The van der Waals surface area contributed by atoms with E-state index in [0.29, 0.717) is 17.7 Å². The van der Waals surface area contributed by atoms with Gasteiger partial charge in [-0.3, -0.25) is 4.79 Å². The molecule has 190 valence electrons. The van der Waals surface area contributed by atoms with Crippen LogP contribution in [0.1, 0.15) is 131 Å². The Morgan fingerprint density at radius 2 is 1.34 bits per heavy atom. The number of carbonyl (C=O) groups excluding carboxylic acids is 2. The third-order valence-electron chi connectivity index (χ3n) is 6.99. The second-order valence-corrected chi connectivity index (χ2v) is 9.81. The van der Waals surface area contributed by atoms with E-state index in [1.165, 1.54) is 51.4 Å². The molecular weight excluding hydrogens is 396 g/mol. The molecule has 0 aromatic carbocycles. The molecule has 0 saturated carbocycles. The highest BCUT2D eigenvalue weighted by Crippen LogP contribution is 2.22. The van der Waals surface area contributed by atoms with Crippen LogP contribution in [0.4, 0.5) is 0 Å². The summed E-state index contributed by atoms with van der Waals surface area (Å²) in [4.78, 5) is 29.2. The van der Waals surface area contributed by atoms with Gasteiger partial charge >= 0.3 is 0 Å². The SMILES string of the molecule is CCCCCC(CC)C(=O)N(CCCN(C)CC)C(CC)CCCCCCCCC(C)=O. The van der Waals surface area contributed by atoms with Gasteiger partial charge in [0.05, 0.1) is 0 Å². The number of hydrogen-bond donors (Lipinski definition) is 0. The van der Waals surface area contributed by atoms with E-state index in [-0.39, 0.29) is 5.92 Å². The van der Waals surface area contributed by atoms with Crippen LogP contribution in [0, 0.1) is 5.92 Å². The summed E-state index contributed by atoms with van der Waals surface area (Å²) in [7, 11) is 2.17. The summed E-state index contributed by atoms with van der Waals surface area (Å²) in [6.07, 6.45) is 16.7. The van der Waals surface area contributed by atoms with Gasteiger partial charge in [-0.05, 0) is 65.6 Å². The predicted molar refractivity (Wildman–Crippen MR) is 139 cm³/mol. The van der Waals surface area contributed by atoms with Crippen LogP contribution in [0.2, 0.25) is 0 Å². The molecule has 32 heavy (non-hydrogen) atoms. The van der Waals surface area contributed by atoms with E-state index in [2.05, 4.69) is 44.5 Å². The summed E-state index contributed by atoms with van der Waals surface area (Å²) in [5, 5.41) is 0. The first-order valence-electron chi connectivity index (χ1n) is 13.9. The Bertz CT molecular complexity index is 466. The molecule has 0 aliphatic carbocycles. The van der Waals surface area contributed by atoms with E-state index in [1.807, 2.05) is 0 Å². The van der Waals surface area contributed by atoms with Gasteiger partial charge in [-0.15, -0.1) is 0 Å². The molecule has 0 spiro atoms. The molecule has 2 atom stereocenters. The Kier molecular flexibility index (Phi) is 20.1. The zero-order chi connectivity index (χ0) is 24.2. The zero-order valence-electron chi connectivity index (χ0n) is 22.6. The normalized spacial score (nSPS) is 13.3. The molecular formula is C28H56N2O2. The Hall–Kier alpha value is -0.900. The van der Waals surface area contributed by atoms with Crippen molar-refractivity contribution in [2.24, 2.45) is 5.92 Å². The average Bonchev–Trinajstić information content (AvgIpc) is 2.78. The maximum absolute atomic E-state index is 13.6. The van der Waals surface area contributed by atoms with Crippen LogP contribution in [0.3, 0.4) is 0 Å². The lowest BCUT2D eigenvalue weighted by Gasteiger charge is -2.35. The van der Waals surface area contributed by atoms with Crippen LogP contribution in [0.15, 0.2) is 0 Å². The van der Waals surface area contributed by atoms with Gasteiger partial charge in [0.2, 0.25) is 5.91 Å². The molecule has 0 N–H and O–H groups in total. The van der Waals surface area contributed by atoms with Crippen molar-refractivity contribution in [2.45, 2.75) is 137 Å². The Morgan fingerprint density at radius 3 is 1.91 bits per heavy atom. The minimum atomic E-state index is 0.195. The molecule has 0 rings (SSSR count). The third kappa shape index (κ3) is 15.0. The van der Waals surface area contributed by atoms with E-state index in [4.69, 9.17) is 0 Å². The van der Waals surface area contributed by atoms with Crippen LogP contribution in [-0.2, 0) is 9.59 Å². The van der Waals surface area contributed by atoms with Crippen molar-refractivity contribution in [1.29, 1.82) is 0 Å². The zero-order valence-corrected chi connectivity index (χ0v) is 22.6. The molecule has 4 heteroatoms.